The summed E-state index contributed by atoms with van der Waals surface area (Å²) >= 11 is 0. The minimum absolute atomic E-state index is 0.131. The summed E-state index contributed by atoms with van der Waals surface area (Å²) in [5.74, 6) is 1.28. The molecule has 1 amide bonds. The van der Waals surface area contributed by atoms with Crippen LogP contribution in [0.3, 0.4) is 0 Å². The van der Waals surface area contributed by atoms with E-state index in [1.54, 1.807) is 0 Å². The molecule has 3 nitrogen and oxygen atoms in total. The Morgan fingerprint density at radius 1 is 1.37 bits per heavy atom. The van der Waals surface area contributed by atoms with Gasteiger partial charge < -0.3 is 10.6 Å². The van der Waals surface area contributed by atoms with Crippen molar-refractivity contribution in [3.8, 4) is 0 Å². The predicted octanol–water partition coefficient (Wildman–Crippen LogP) is 2.15. The van der Waals surface area contributed by atoms with Gasteiger partial charge in [-0.1, -0.05) is 44.2 Å². The van der Waals surface area contributed by atoms with E-state index in [4.69, 9.17) is 0 Å². The number of amides is 1. The summed E-state index contributed by atoms with van der Waals surface area (Å²) in [5, 5.41) is 6.42. The third-order valence-electron chi connectivity index (χ3n) is 3.89. The van der Waals surface area contributed by atoms with E-state index in [1.807, 2.05) is 18.2 Å². The van der Waals surface area contributed by atoms with Crippen molar-refractivity contribution in [1.82, 2.24) is 10.6 Å². The van der Waals surface area contributed by atoms with Crippen LogP contribution in [-0.4, -0.2) is 25.5 Å². The zero-order valence-corrected chi connectivity index (χ0v) is 11.9. The Kier molecular flexibility index (Phi) is 4.97. The molecule has 3 atom stereocenters. The molecule has 3 heteroatoms. The van der Waals surface area contributed by atoms with Crippen LogP contribution in [0.25, 0.3) is 0 Å². The zero-order chi connectivity index (χ0) is 13.7. The van der Waals surface area contributed by atoms with Crippen LogP contribution in [0.4, 0.5) is 0 Å². The van der Waals surface area contributed by atoms with Crippen LogP contribution in [-0.2, 0) is 4.79 Å². The first kappa shape index (κ1) is 14.1. The Balaban J connectivity index is 1.80. The summed E-state index contributed by atoms with van der Waals surface area (Å²) in [6, 6.07) is 10.3. The van der Waals surface area contributed by atoms with Crippen LogP contribution in [0.2, 0.25) is 0 Å². The molecule has 19 heavy (non-hydrogen) atoms. The van der Waals surface area contributed by atoms with Crippen LogP contribution < -0.4 is 10.6 Å². The molecule has 1 aliphatic heterocycles. The average molecular weight is 260 g/mol. The van der Waals surface area contributed by atoms with Gasteiger partial charge in [-0.3, -0.25) is 4.79 Å². The molecule has 0 bridgehead atoms. The van der Waals surface area contributed by atoms with Crippen LogP contribution in [0.5, 0.6) is 0 Å². The summed E-state index contributed by atoms with van der Waals surface area (Å²) in [7, 11) is 0. The lowest BCUT2D eigenvalue weighted by molar-refractivity contribution is -0.125. The Morgan fingerprint density at radius 3 is 2.79 bits per heavy atom. The van der Waals surface area contributed by atoms with Gasteiger partial charge >= 0.3 is 0 Å². The largest absolute Gasteiger partial charge is 0.355 e. The van der Waals surface area contributed by atoms with Gasteiger partial charge in [-0.25, -0.2) is 0 Å². The summed E-state index contributed by atoms with van der Waals surface area (Å²) in [6.45, 7) is 6.91. The van der Waals surface area contributed by atoms with Crippen LogP contribution >= 0.6 is 0 Å². The summed E-state index contributed by atoms with van der Waals surface area (Å²) in [6.07, 6.45) is 0.999. The minimum atomic E-state index is 0.131. The molecule has 104 valence electrons. The molecule has 1 aromatic rings. The average Bonchev–Trinajstić information content (AvgIpc) is 2.45. The highest BCUT2D eigenvalue weighted by molar-refractivity contribution is 5.79. The molecule has 3 unspecified atom stereocenters. The highest BCUT2D eigenvalue weighted by atomic mass is 16.1. The van der Waals surface area contributed by atoms with Crippen molar-refractivity contribution < 1.29 is 4.79 Å². The van der Waals surface area contributed by atoms with Crippen molar-refractivity contribution in [3.63, 3.8) is 0 Å². The molecule has 0 saturated carbocycles. The van der Waals surface area contributed by atoms with Crippen molar-refractivity contribution in [2.24, 2.45) is 11.8 Å². The maximum absolute atomic E-state index is 12.1. The van der Waals surface area contributed by atoms with E-state index in [9.17, 15) is 4.79 Å². The van der Waals surface area contributed by atoms with Crippen molar-refractivity contribution >= 4 is 5.91 Å². The fourth-order valence-corrected chi connectivity index (χ4v) is 2.65. The van der Waals surface area contributed by atoms with Crippen molar-refractivity contribution in [1.29, 1.82) is 0 Å². The molecule has 1 aromatic carbocycles. The van der Waals surface area contributed by atoms with Gasteiger partial charge in [0.25, 0.3) is 0 Å². The molecular formula is C16H24N2O. The number of nitrogens with one attached hydrogen (secondary N) is 2. The summed E-state index contributed by atoms with van der Waals surface area (Å²) < 4.78 is 0. The first-order chi connectivity index (χ1) is 9.16. The molecule has 2 rings (SSSR count). The maximum Gasteiger partial charge on any atom is 0.224 e. The van der Waals surface area contributed by atoms with Gasteiger partial charge in [0.1, 0.15) is 0 Å². The lowest BCUT2D eigenvalue weighted by Gasteiger charge is -2.27. The van der Waals surface area contributed by atoms with E-state index in [-0.39, 0.29) is 11.8 Å². The Hall–Kier alpha value is -1.35. The quantitative estimate of drug-likeness (QED) is 0.871. The summed E-state index contributed by atoms with van der Waals surface area (Å²) in [5.41, 5.74) is 1.28. The molecule has 1 saturated heterocycles. The number of rotatable bonds is 4. The van der Waals surface area contributed by atoms with Crippen molar-refractivity contribution in [3.05, 3.63) is 35.9 Å². The third kappa shape index (κ3) is 4.06. The van der Waals surface area contributed by atoms with E-state index in [0.717, 1.165) is 19.5 Å². The normalized spacial score (nSPS) is 24.7. The molecule has 0 aliphatic carbocycles. The second-order valence-corrected chi connectivity index (χ2v) is 5.75. The molecular weight excluding hydrogens is 236 g/mol. The van der Waals surface area contributed by atoms with Crippen LogP contribution in [0.15, 0.2) is 30.3 Å². The van der Waals surface area contributed by atoms with Gasteiger partial charge in [-0.05, 0) is 30.4 Å². The van der Waals surface area contributed by atoms with Gasteiger partial charge in [0.2, 0.25) is 5.91 Å². The zero-order valence-electron chi connectivity index (χ0n) is 11.9. The van der Waals surface area contributed by atoms with Crippen molar-refractivity contribution in [2.45, 2.75) is 26.2 Å². The predicted molar refractivity (Wildman–Crippen MR) is 78.0 cm³/mol. The van der Waals surface area contributed by atoms with Gasteiger partial charge in [0.15, 0.2) is 0 Å². The fourth-order valence-electron chi connectivity index (χ4n) is 2.65. The Bertz CT molecular complexity index is 404. The molecule has 1 aliphatic rings. The smallest absolute Gasteiger partial charge is 0.224 e. The Labute approximate surface area is 115 Å². The van der Waals surface area contributed by atoms with Crippen LogP contribution in [0.1, 0.15) is 31.7 Å². The number of piperidine rings is 1. The van der Waals surface area contributed by atoms with Gasteiger partial charge in [-0.2, -0.15) is 0 Å². The second kappa shape index (κ2) is 6.71. The second-order valence-electron chi connectivity index (χ2n) is 5.75. The number of hydrogen-bond donors (Lipinski definition) is 2. The van der Waals surface area contributed by atoms with E-state index >= 15 is 0 Å². The Morgan fingerprint density at radius 2 is 2.11 bits per heavy atom. The number of benzene rings is 1. The highest BCUT2D eigenvalue weighted by Crippen LogP contribution is 2.17. The van der Waals surface area contributed by atoms with Crippen molar-refractivity contribution in [2.75, 3.05) is 19.6 Å². The first-order valence-electron chi connectivity index (χ1n) is 7.20. The monoisotopic (exact) mass is 260 g/mol. The summed E-state index contributed by atoms with van der Waals surface area (Å²) in [4.78, 5) is 12.1. The fraction of sp³-hybridized carbons (Fsp3) is 0.562. The third-order valence-corrected chi connectivity index (χ3v) is 3.89. The molecule has 1 heterocycles. The lowest BCUT2D eigenvalue weighted by atomic mass is 9.91. The number of hydrogen-bond acceptors (Lipinski definition) is 2. The first-order valence-corrected chi connectivity index (χ1v) is 7.20. The van der Waals surface area contributed by atoms with Crippen LogP contribution in [0, 0.1) is 11.8 Å². The van der Waals surface area contributed by atoms with Gasteiger partial charge in [0, 0.05) is 13.1 Å². The molecule has 0 aromatic heterocycles. The van der Waals surface area contributed by atoms with E-state index < -0.39 is 0 Å². The van der Waals surface area contributed by atoms with E-state index in [1.165, 1.54) is 5.56 Å². The standard InChI is InChI=1S/C16H24N2O/c1-12-8-15(11-17-9-12)16(19)18-10-13(2)14-6-4-3-5-7-14/h3-7,12-13,15,17H,8-11H2,1-2H3,(H,18,19). The van der Waals surface area contributed by atoms with Gasteiger partial charge in [0.05, 0.1) is 5.92 Å². The highest BCUT2D eigenvalue weighted by Gasteiger charge is 2.24. The molecule has 0 radical (unpaired) electrons. The van der Waals surface area contributed by atoms with Gasteiger partial charge in [-0.15, -0.1) is 0 Å². The maximum atomic E-state index is 12.1. The number of carbonyl (C=O) groups excluding carboxylic acids is 1. The molecule has 0 spiro atoms. The van der Waals surface area contributed by atoms with E-state index in [0.29, 0.717) is 18.4 Å². The van der Waals surface area contributed by atoms with E-state index in [2.05, 4.69) is 36.6 Å². The lowest BCUT2D eigenvalue weighted by Crippen LogP contribution is -2.44. The molecule has 1 fully saturated rings. The topological polar surface area (TPSA) is 41.1 Å². The minimum Gasteiger partial charge on any atom is -0.355 e. The molecule has 2 N–H and O–H groups in total. The number of carbonyl (C=O) groups is 1. The SMILES string of the molecule is CC1CNCC(C(=O)NCC(C)c2ccccc2)C1.